The Labute approximate surface area is 190 Å². The van der Waals surface area contributed by atoms with Crippen LogP contribution in [0.4, 0.5) is 0 Å². The van der Waals surface area contributed by atoms with E-state index in [1.807, 2.05) is 0 Å². The highest BCUT2D eigenvalue weighted by Gasteiger charge is 2.44. The molecular weight excluding hydrogens is 438 g/mol. The summed E-state index contributed by atoms with van der Waals surface area (Å²) in [6.45, 7) is 5.72. The molecule has 182 valence electrons. The van der Waals surface area contributed by atoms with Crippen molar-refractivity contribution >= 4 is 22.1 Å². The van der Waals surface area contributed by atoms with Crippen molar-refractivity contribution in [3.63, 3.8) is 0 Å². The zero-order valence-corrected chi connectivity index (χ0v) is 19.7. The molecule has 4 fully saturated rings. The van der Waals surface area contributed by atoms with Gasteiger partial charge in [-0.05, 0) is 32.6 Å². The minimum absolute atomic E-state index is 0.0338. The highest BCUT2D eigenvalue weighted by atomic mass is 32.2. The van der Waals surface area contributed by atoms with Gasteiger partial charge in [0.05, 0.1) is 25.7 Å². The number of nitrogens with zero attached hydrogens (tertiary/aromatic N) is 3. The van der Waals surface area contributed by atoms with Crippen molar-refractivity contribution < 1.29 is 32.2 Å². The maximum atomic E-state index is 13.1. The standard InChI is InChI=1S/C21H35N3O7S/c1-2-29-20(26)18-4-3-9-22(16-18)19(25)17-5-10-23(11-6-17)32(27,28)24-12-7-21(8-13-24)30-14-15-31-21/h17-18H,2-16H2,1H3/t18-/m1/s1. The monoisotopic (exact) mass is 473 g/mol. The molecule has 1 atom stereocenters. The average molecular weight is 474 g/mol. The van der Waals surface area contributed by atoms with E-state index in [0.717, 1.165) is 12.8 Å². The number of hydrogen-bond acceptors (Lipinski definition) is 7. The minimum Gasteiger partial charge on any atom is -0.466 e. The van der Waals surface area contributed by atoms with Crippen molar-refractivity contribution in [3.8, 4) is 0 Å². The Morgan fingerprint density at radius 2 is 1.56 bits per heavy atom. The van der Waals surface area contributed by atoms with Crippen molar-refractivity contribution in [1.29, 1.82) is 0 Å². The molecule has 0 saturated carbocycles. The Hall–Kier alpha value is -1.27. The maximum Gasteiger partial charge on any atom is 0.310 e. The second-order valence-electron chi connectivity index (χ2n) is 9.06. The van der Waals surface area contributed by atoms with E-state index >= 15 is 0 Å². The summed E-state index contributed by atoms with van der Waals surface area (Å²) in [6, 6.07) is 0. The van der Waals surface area contributed by atoms with Gasteiger partial charge in [-0.3, -0.25) is 9.59 Å². The van der Waals surface area contributed by atoms with Gasteiger partial charge in [-0.2, -0.15) is 17.0 Å². The predicted molar refractivity (Wildman–Crippen MR) is 115 cm³/mol. The van der Waals surface area contributed by atoms with Gasteiger partial charge in [0.15, 0.2) is 5.79 Å². The number of amides is 1. The number of ether oxygens (including phenoxy) is 3. The summed E-state index contributed by atoms with van der Waals surface area (Å²) in [6.07, 6.45) is 3.61. The first-order chi connectivity index (χ1) is 15.3. The third-order valence-corrected chi connectivity index (χ3v) is 9.14. The van der Waals surface area contributed by atoms with Crippen molar-refractivity contribution in [2.24, 2.45) is 11.8 Å². The lowest BCUT2D eigenvalue weighted by atomic mass is 9.93. The molecule has 0 aliphatic carbocycles. The van der Waals surface area contributed by atoms with E-state index in [0.29, 0.717) is 84.8 Å². The van der Waals surface area contributed by atoms with E-state index in [1.165, 1.54) is 8.61 Å². The van der Waals surface area contributed by atoms with Gasteiger partial charge < -0.3 is 19.1 Å². The second kappa shape index (κ2) is 9.92. The summed E-state index contributed by atoms with van der Waals surface area (Å²) in [5, 5.41) is 0. The van der Waals surface area contributed by atoms with Crippen molar-refractivity contribution in [2.75, 3.05) is 59.1 Å². The molecule has 4 heterocycles. The Morgan fingerprint density at radius 3 is 2.19 bits per heavy atom. The van der Waals surface area contributed by atoms with Crippen LogP contribution in [0.5, 0.6) is 0 Å². The number of rotatable bonds is 5. The predicted octanol–water partition coefficient (Wildman–Crippen LogP) is 0.584. The van der Waals surface area contributed by atoms with Crippen LogP contribution < -0.4 is 0 Å². The molecule has 1 spiro atoms. The summed E-state index contributed by atoms with van der Waals surface area (Å²) >= 11 is 0. The third kappa shape index (κ3) is 4.96. The molecule has 0 unspecified atom stereocenters. The van der Waals surface area contributed by atoms with E-state index in [1.54, 1.807) is 11.8 Å². The Morgan fingerprint density at radius 1 is 0.938 bits per heavy atom. The first-order valence-corrected chi connectivity index (χ1v) is 13.2. The molecule has 11 heteroatoms. The topological polar surface area (TPSA) is 106 Å². The fraction of sp³-hybridized carbons (Fsp3) is 0.905. The van der Waals surface area contributed by atoms with Gasteiger partial charge in [0.25, 0.3) is 10.2 Å². The quantitative estimate of drug-likeness (QED) is 0.538. The van der Waals surface area contributed by atoms with Gasteiger partial charge in [-0.25, -0.2) is 0 Å². The molecule has 4 saturated heterocycles. The van der Waals surface area contributed by atoms with Crippen LogP contribution in [-0.2, 0) is 34.0 Å². The summed E-state index contributed by atoms with van der Waals surface area (Å²) in [4.78, 5) is 26.9. The summed E-state index contributed by atoms with van der Waals surface area (Å²) in [7, 11) is -3.56. The first-order valence-electron chi connectivity index (χ1n) is 11.8. The summed E-state index contributed by atoms with van der Waals surface area (Å²) in [5.74, 6) is -1.27. The molecule has 0 N–H and O–H groups in total. The van der Waals surface area contributed by atoms with E-state index in [4.69, 9.17) is 14.2 Å². The number of hydrogen-bond donors (Lipinski definition) is 0. The van der Waals surface area contributed by atoms with E-state index in [2.05, 4.69) is 0 Å². The van der Waals surface area contributed by atoms with Crippen LogP contribution in [0.1, 0.15) is 45.4 Å². The lowest BCUT2D eigenvalue weighted by Crippen LogP contribution is -2.54. The number of likely N-dealkylation sites (tertiary alicyclic amines) is 1. The summed E-state index contributed by atoms with van der Waals surface area (Å²) in [5.41, 5.74) is 0. The maximum absolute atomic E-state index is 13.1. The fourth-order valence-corrected chi connectivity index (χ4v) is 6.87. The van der Waals surface area contributed by atoms with Crippen LogP contribution >= 0.6 is 0 Å². The minimum atomic E-state index is -3.56. The van der Waals surface area contributed by atoms with Crippen molar-refractivity contribution in [3.05, 3.63) is 0 Å². The second-order valence-corrected chi connectivity index (χ2v) is 11.0. The number of carbonyl (C=O) groups excluding carboxylic acids is 2. The molecular formula is C21H35N3O7S. The van der Waals surface area contributed by atoms with Crippen LogP contribution in [0.2, 0.25) is 0 Å². The van der Waals surface area contributed by atoms with Crippen LogP contribution in [0.3, 0.4) is 0 Å². The van der Waals surface area contributed by atoms with Crippen molar-refractivity contribution in [1.82, 2.24) is 13.5 Å². The smallest absolute Gasteiger partial charge is 0.310 e. The zero-order valence-electron chi connectivity index (χ0n) is 18.9. The SMILES string of the molecule is CCOC(=O)[C@@H]1CCCN(C(=O)C2CCN(S(=O)(=O)N3CCC4(CC3)OCCO4)CC2)C1. The Kier molecular flexibility index (Phi) is 7.40. The van der Waals surface area contributed by atoms with Gasteiger partial charge in [0.1, 0.15) is 0 Å². The first kappa shape index (κ1) is 23.9. The van der Waals surface area contributed by atoms with E-state index < -0.39 is 16.0 Å². The van der Waals surface area contributed by atoms with Crippen LogP contribution in [0.25, 0.3) is 0 Å². The lowest BCUT2D eigenvalue weighted by molar-refractivity contribution is -0.179. The molecule has 0 aromatic heterocycles. The number of carbonyl (C=O) groups is 2. The lowest BCUT2D eigenvalue weighted by Gasteiger charge is -2.41. The van der Waals surface area contributed by atoms with Gasteiger partial charge in [0, 0.05) is 58.0 Å². The molecule has 4 aliphatic heterocycles. The molecule has 32 heavy (non-hydrogen) atoms. The van der Waals surface area contributed by atoms with Crippen LogP contribution in [0.15, 0.2) is 0 Å². The Balaban J connectivity index is 1.28. The molecule has 0 aromatic carbocycles. The normalized spacial score (nSPS) is 28.2. The fourth-order valence-electron chi connectivity index (χ4n) is 5.23. The van der Waals surface area contributed by atoms with Crippen molar-refractivity contribution in [2.45, 2.75) is 51.2 Å². The molecule has 4 rings (SSSR count). The highest BCUT2D eigenvalue weighted by Crippen LogP contribution is 2.33. The molecule has 0 bridgehead atoms. The van der Waals surface area contributed by atoms with E-state index in [9.17, 15) is 18.0 Å². The van der Waals surface area contributed by atoms with Gasteiger partial charge >= 0.3 is 5.97 Å². The van der Waals surface area contributed by atoms with E-state index in [-0.39, 0.29) is 23.7 Å². The highest BCUT2D eigenvalue weighted by molar-refractivity contribution is 7.86. The Bertz CT molecular complexity index is 781. The zero-order chi connectivity index (χ0) is 22.8. The molecule has 4 aliphatic rings. The number of esters is 1. The van der Waals surface area contributed by atoms with Crippen LogP contribution in [-0.4, -0.2) is 98.7 Å². The molecule has 1 amide bonds. The van der Waals surface area contributed by atoms with Gasteiger partial charge in [0.2, 0.25) is 5.91 Å². The molecule has 0 aromatic rings. The van der Waals surface area contributed by atoms with Gasteiger partial charge in [-0.1, -0.05) is 0 Å². The number of piperidine rings is 3. The molecule has 0 radical (unpaired) electrons. The third-order valence-electron chi connectivity index (χ3n) is 7.11. The van der Waals surface area contributed by atoms with Gasteiger partial charge in [-0.15, -0.1) is 0 Å². The summed E-state index contributed by atoms with van der Waals surface area (Å²) < 4.78 is 45.8. The molecule has 10 nitrogen and oxygen atoms in total. The largest absolute Gasteiger partial charge is 0.466 e. The average Bonchev–Trinajstić information content (AvgIpc) is 3.27. The van der Waals surface area contributed by atoms with Crippen LogP contribution in [0, 0.1) is 11.8 Å².